The Morgan fingerprint density at radius 1 is 0.492 bits per heavy atom. The summed E-state index contributed by atoms with van der Waals surface area (Å²) >= 11 is 0. The number of unbranched alkanes of at least 4 members (excludes halogenated alkanes) is 30. The summed E-state index contributed by atoms with van der Waals surface area (Å²) in [6.07, 6.45) is 50.9. The van der Waals surface area contributed by atoms with E-state index < -0.39 is 18.1 Å². The van der Waals surface area contributed by atoms with E-state index in [-0.39, 0.29) is 36.2 Å². The molecule has 0 saturated carbocycles. The molecule has 8 heteroatoms. The number of carboxylic acids is 1. The fourth-order valence-corrected chi connectivity index (χ4v) is 7.85. The van der Waals surface area contributed by atoms with Crippen molar-refractivity contribution in [2.45, 2.75) is 257 Å². The zero-order valence-electron chi connectivity index (χ0n) is 40.9. The molecule has 0 aliphatic rings. The minimum Gasteiger partial charge on any atom is -0.477 e. The van der Waals surface area contributed by atoms with E-state index in [1.807, 2.05) is 21.1 Å². The molecule has 2 atom stereocenters. The first kappa shape index (κ1) is 58.8. The van der Waals surface area contributed by atoms with Gasteiger partial charge in [0.2, 0.25) is 0 Å². The highest BCUT2D eigenvalue weighted by atomic mass is 16.6. The maximum atomic E-state index is 12.8. The number of carboxylic acid groups (broad SMARTS) is 1. The Kier molecular flexibility index (Phi) is 42.8. The number of aliphatic carboxylic acids is 1. The van der Waals surface area contributed by atoms with Crippen LogP contribution in [-0.4, -0.2) is 80.6 Å². The monoisotopic (exact) mass is 863 g/mol. The van der Waals surface area contributed by atoms with Crippen molar-refractivity contribution in [1.82, 2.24) is 0 Å². The third kappa shape index (κ3) is 42.9. The smallest absolute Gasteiger partial charge is 0.362 e. The highest BCUT2D eigenvalue weighted by Crippen LogP contribution is 2.17. The second-order valence-corrected chi connectivity index (χ2v) is 18.8. The maximum absolute atomic E-state index is 12.8. The van der Waals surface area contributed by atoms with Gasteiger partial charge in [-0.1, -0.05) is 212 Å². The van der Waals surface area contributed by atoms with Crippen LogP contribution in [0.15, 0.2) is 24.3 Å². The van der Waals surface area contributed by atoms with Crippen molar-refractivity contribution >= 4 is 17.9 Å². The van der Waals surface area contributed by atoms with E-state index in [1.54, 1.807) is 0 Å². The first-order chi connectivity index (χ1) is 29.6. The van der Waals surface area contributed by atoms with Gasteiger partial charge in [-0.05, 0) is 38.5 Å². The molecule has 0 saturated heterocycles. The van der Waals surface area contributed by atoms with Gasteiger partial charge in [0, 0.05) is 19.3 Å². The van der Waals surface area contributed by atoms with Crippen molar-refractivity contribution < 1.29 is 38.2 Å². The number of hydrogen-bond acceptors (Lipinski definition) is 6. The highest BCUT2D eigenvalue weighted by Gasteiger charge is 2.31. The lowest BCUT2D eigenvalue weighted by Crippen LogP contribution is -2.50. The molecule has 8 nitrogen and oxygen atoms in total. The highest BCUT2D eigenvalue weighted by molar-refractivity contribution is 5.72. The standard InChI is InChI=1S/C53H99NO7/c1-6-8-10-12-14-16-18-20-22-23-24-25-26-27-28-30-31-33-35-37-39-41-43-51(55)60-48-49(47-59-46-45-50(53(57)58)54(3,4)5)61-52(56)44-42-40-38-36-34-32-29-21-19-17-15-13-11-9-7-2/h15,17,19,21,49-50H,6-14,16,18,20,22-48H2,1-5H3/p+1/b17-15+,21-19+. The SMILES string of the molecule is CCCCC/C=C/C=C/CCCCCCCCC(=O)OC(COCCC(C(=O)O)[N+](C)(C)C)COC(=O)CCCCCCCCCCCCCCCCCCCCCCCC. The molecule has 0 aromatic carbocycles. The molecule has 0 aromatic heterocycles. The van der Waals surface area contributed by atoms with Gasteiger partial charge in [-0.15, -0.1) is 0 Å². The third-order valence-electron chi connectivity index (χ3n) is 11.9. The largest absolute Gasteiger partial charge is 0.477 e. The number of quaternary nitrogens is 1. The zero-order valence-corrected chi connectivity index (χ0v) is 40.9. The van der Waals surface area contributed by atoms with Gasteiger partial charge in [0.1, 0.15) is 6.61 Å². The van der Waals surface area contributed by atoms with Crippen LogP contribution < -0.4 is 0 Å². The van der Waals surface area contributed by atoms with Gasteiger partial charge in [-0.2, -0.15) is 0 Å². The molecule has 61 heavy (non-hydrogen) atoms. The van der Waals surface area contributed by atoms with Crippen molar-refractivity contribution in [1.29, 1.82) is 0 Å². The molecule has 0 bridgehead atoms. The number of likely N-dealkylation sites (N-methyl/N-ethyl adjacent to an activating group) is 1. The Morgan fingerprint density at radius 3 is 1.26 bits per heavy atom. The average Bonchev–Trinajstić information content (AvgIpc) is 3.22. The summed E-state index contributed by atoms with van der Waals surface area (Å²) in [6, 6.07) is -0.614. The number of esters is 2. The second-order valence-electron chi connectivity index (χ2n) is 18.8. The number of hydrogen-bond donors (Lipinski definition) is 1. The van der Waals surface area contributed by atoms with E-state index in [2.05, 4.69) is 38.2 Å². The van der Waals surface area contributed by atoms with Crippen LogP contribution in [0.3, 0.4) is 0 Å². The molecular weight excluding hydrogens is 763 g/mol. The van der Waals surface area contributed by atoms with Crippen LogP contribution >= 0.6 is 0 Å². The molecule has 0 spiro atoms. The number of allylic oxidation sites excluding steroid dienone is 4. The summed E-state index contributed by atoms with van der Waals surface area (Å²) in [7, 11) is 5.54. The molecule has 0 aliphatic heterocycles. The lowest BCUT2D eigenvalue weighted by Gasteiger charge is -2.31. The van der Waals surface area contributed by atoms with Gasteiger partial charge in [-0.25, -0.2) is 4.79 Å². The Morgan fingerprint density at radius 2 is 0.852 bits per heavy atom. The van der Waals surface area contributed by atoms with Crippen molar-refractivity contribution in [2.24, 2.45) is 0 Å². The van der Waals surface area contributed by atoms with Crippen molar-refractivity contribution in [2.75, 3.05) is 41.0 Å². The van der Waals surface area contributed by atoms with Gasteiger partial charge in [0.25, 0.3) is 0 Å². The Labute approximate surface area is 377 Å². The quantitative estimate of drug-likeness (QED) is 0.0281. The molecular formula is C53H100NO7+. The minimum atomic E-state index is -0.874. The van der Waals surface area contributed by atoms with Gasteiger partial charge in [0.15, 0.2) is 12.1 Å². The Hall–Kier alpha value is -2.19. The van der Waals surface area contributed by atoms with E-state index >= 15 is 0 Å². The minimum absolute atomic E-state index is 0.0509. The van der Waals surface area contributed by atoms with Crippen molar-refractivity contribution in [3.8, 4) is 0 Å². The molecule has 0 aliphatic carbocycles. The molecule has 1 N–H and O–H groups in total. The van der Waals surface area contributed by atoms with Crippen LogP contribution in [-0.2, 0) is 28.6 Å². The lowest BCUT2D eigenvalue weighted by atomic mass is 10.0. The Bertz CT molecular complexity index is 1050. The molecule has 0 heterocycles. The van der Waals surface area contributed by atoms with Gasteiger partial charge < -0.3 is 23.8 Å². The predicted octanol–water partition coefficient (Wildman–Crippen LogP) is 14.8. The average molecular weight is 863 g/mol. The zero-order chi connectivity index (χ0) is 44.9. The van der Waals surface area contributed by atoms with Crippen LogP contribution in [0.2, 0.25) is 0 Å². The summed E-state index contributed by atoms with van der Waals surface area (Å²) in [5.41, 5.74) is 0. The van der Waals surface area contributed by atoms with Crippen LogP contribution in [0.5, 0.6) is 0 Å². The lowest BCUT2D eigenvalue weighted by molar-refractivity contribution is -0.887. The number of rotatable bonds is 47. The van der Waals surface area contributed by atoms with Gasteiger partial charge >= 0.3 is 17.9 Å². The summed E-state index contributed by atoms with van der Waals surface area (Å²) in [5.74, 6) is -1.47. The van der Waals surface area contributed by atoms with E-state index in [9.17, 15) is 19.5 Å². The topological polar surface area (TPSA) is 99.1 Å². The molecule has 358 valence electrons. The number of carbonyl (C=O) groups excluding carboxylic acids is 2. The summed E-state index contributed by atoms with van der Waals surface area (Å²) in [6.45, 7) is 4.73. The normalized spacial score (nSPS) is 13.0. The van der Waals surface area contributed by atoms with E-state index in [1.165, 1.54) is 161 Å². The maximum Gasteiger partial charge on any atom is 0.362 e. The fourth-order valence-electron chi connectivity index (χ4n) is 7.85. The summed E-state index contributed by atoms with van der Waals surface area (Å²) in [5, 5.41) is 9.65. The van der Waals surface area contributed by atoms with Crippen LogP contribution in [0.1, 0.15) is 245 Å². The Balaban J connectivity index is 4.18. The van der Waals surface area contributed by atoms with Crippen molar-refractivity contribution in [3.63, 3.8) is 0 Å². The van der Waals surface area contributed by atoms with Gasteiger partial charge in [0.05, 0.1) is 34.4 Å². The van der Waals surface area contributed by atoms with Crippen LogP contribution in [0, 0.1) is 0 Å². The van der Waals surface area contributed by atoms with Gasteiger partial charge in [-0.3, -0.25) is 9.59 Å². The number of carbonyl (C=O) groups is 3. The van der Waals surface area contributed by atoms with E-state index in [4.69, 9.17) is 14.2 Å². The third-order valence-corrected chi connectivity index (χ3v) is 11.9. The molecule has 0 radical (unpaired) electrons. The number of nitrogens with zero attached hydrogens (tertiary/aromatic N) is 1. The fraction of sp³-hybridized carbons (Fsp3) is 0.868. The molecule has 2 unspecified atom stereocenters. The molecule has 0 rings (SSSR count). The summed E-state index contributed by atoms with van der Waals surface area (Å²) < 4.78 is 17.3. The second kappa shape index (κ2) is 44.4. The van der Waals surface area contributed by atoms with E-state index in [0.29, 0.717) is 19.3 Å². The summed E-state index contributed by atoms with van der Waals surface area (Å²) in [4.78, 5) is 37.1. The van der Waals surface area contributed by atoms with Crippen LogP contribution in [0.4, 0.5) is 0 Å². The molecule has 0 fully saturated rings. The van der Waals surface area contributed by atoms with Crippen LogP contribution in [0.25, 0.3) is 0 Å². The number of ether oxygens (including phenoxy) is 3. The first-order valence-corrected chi connectivity index (χ1v) is 25.9. The van der Waals surface area contributed by atoms with E-state index in [0.717, 1.165) is 51.4 Å². The molecule has 0 aromatic rings. The first-order valence-electron chi connectivity index (χ1n) is 25.9. The predicted molar refractivity (Wildman–Crippen MR) is 257 cm³/mol. The molecule has 0 amide bonds. The van der Waals surface area contributed by atoms with Crippen molar-refractivity contribution in [3.05, 3.63) is 24.3 Å².